The molecule has 0 aliphatic heterocycles. The molecular weight excluding hydrogens is 361 g/mol. The summed E-state index contributed by atoms with van der Waals surface area (Å²) in [7, 11) is 0. The number of rotatable bonds is 5. The van der Waals surface area contributed by atoms with Crippen LogP contribution in [0.2, 0.25) is 5.02 Å². The fraction of sp³-hybridized carbons (Fsp3) is 0.222. The topological polar surface area (TPSA) is 38.1 Å². The number of nitrogens with zero attached hydrogens (tertiary/aromatic N) is 3. The predicted molar refractivity (Wildman–Crippen MR) is 98.6 cm³/mol. The van der Waals surface area contributed by atoms with Crippen molar-refractivity contribution in [1.29, 1.82) is 0 Å². The fourth-order valence-electron chi connectivity index (χ4n) is 2.55. The number of thiophene rings is 1. The van der Waals surface area contributed by atoms with Crippen molar-refractivity contribution in [1.82, 2.24) is 9.78 Å². The molecular formula is C18H17ClFN3OS. The van der Waals surface area contributed by atoms with E-state index < -0.39 is 0 Å². The van der Waals surface area contributed by atoms with Crippen molar-refractivity contribution in [2.45, 2.75) is 26.9 Å². The van der Waals surface area contributed by atoms with E-state index in [9.17, 15) is 9.18 Å². The summed E-state index contributed by atoms with van der Waals surface area (Å²) in [5, 5.41) is 6.85. The molecule has 0 bridgehead atoms. The Hall–Kier alpha value is -2.18. The quantitative estimate of drug-likeness (QED) is 0.652. The highest BCUT2D eigenvalue weighted by atomic mass is 35.5. The van der Waals surface area contributed by atoms with Crippen molar-refractivity contribution in [2.24, 2.45) is 0 Å². The lowest BCUT2D eigenvalue weighted by molar-refractivity contribution is -0.119. The van der Waals surface area contributed by atoms with Crippen LogP contribution in [-0.4, -0.2) is 15.7 Å². The third-order valence-corrected chi connectivity index (χ3v) is 5.32. The highest BCUT2D eigenvalue weighted by Crippen LogP contribution is 2.23. The SMILES string of the molecule is Cc1nn(CC(=O)N(Cc2cccs2)c2ccc(F)cc2)c(C)c1Cl. The van der Waals surface area contributed by atoms with E-state index in [1.54, 1.807) is 40.0 Å². The standard InChI is InChI=1S/C18H17ClFN3OS/c1-12-18(19)13(2)23(21-12)11-17(24)22(10-16-4-3-9-25-16)15-7-5-14(20)6-8-15/h3-9H,10-11H2,1-2H3. The van der Waals surface area contributed by atoms with E-state index in [-0.39, 0.29) is 18.3 Å². The van der Waals surface area contributed by atoms with Crippen molar-refractivity contribution in [3.63, 3.8) is 0 Å². The largest absolute Gasteiger partial charge is 0.306 e. The van der Waals surface area contributed by atoms with Crippen molar-refractivity contribution < 1.29 is 9.18 Å². The number of halogens is 2. The molecule has 0 spiro atoms. The first-order valence-corrected chi connectivity index (χ1v) is 8.99. The van der Waals surface area contributed by atoms with E-state index in [0.717, 1.165) is 10.6 Å². The van der Waals surface area contributed by atoms with E-state index in [2.05, 4.69) is 5.10 Å². The monoisotopic (exact) mass is 377 g/mol. The van der Waals surface area contributed by atoms with Gasteiger partial charge in [0.1, 0.15) is 12.4 Å². The Labute approximate surface area is 154 Å². The average Bonchev–Trinajstić information content (AvgIpc) is 3.19. The first kappa shape index (κ1) is 17.6. The van der Waals surface area contributed by atoms with Gasteiger partial charge >= 0.3 is 0 Å². The Balaban J connectivity index is 1.88. The maximum atomic E-state index is 13.2. The molecule has 0 N–H and O–H groups in total. The molecule has 0 saturated heterocycles. The number of carbonyl (C=O) groups excluding carboxylic acids is 1. The maximum Gasteiger partial charge on any atom is 0.249 e. The summed E-state index contributed by atoms with van der Waals surface area (Å²) in [6, 6.07) is 9.82. The molecule has 0 aliphatic carbocycles. The predicted octanol–water partition coefficient (Wildman–Crippen LogP) is 4.59. The average molecular weight is 378 g/mol. The Kier molecular flexibility index (Phi) is 5.20. The molecule has 3 aromatic rings. The van der Waals surface area contributed by atoms with Gasteiger partial charge in [-0.05, 0) is 49.6 Å². The third kappa shape index (κ3) is 3.91. The van der Waals surface area contributed by atoms with Gasteiger partial charge in [-0.1, -0.05) is 17.7 Å². The van der Waals surface area contributed by atoms with Crippen molar-refractivity contribution >= 4 is 34.5 Å². The van der Waals surface area contributed by atoms with Gasteiger partial charge in [-0.2, -0.15) is 5.10 Å². The van der Waals surface area contributed by atoms with Gasteiger partial charge in [0, 0.05) is 10.6 Å². The van der Waals surface area contributed by atoms with Gasteiger partial charge in [0.25, 0.3) is 0 Å². The van der Waals surface area contributed by atoms with Gasteiger partial charge < -0.3 is 4.90 Å². The molecule has 4 nitrogen and oxygen atoms in total. The molecule has 7 heteroatoms. The van der Waals surface area contributed by atoms with Crippen LogP contribution < -0.4 is 4.90 Å². The Morgan fingerprint density at radius 2 is 2.00 bits per heavy atom. The molecule has 0 aliphatic rings. The number of hydrogen-bond acceptors (Lipinski definition) is 3. The molecule has 3 rings (SSSR count). The van der Waals surface area contributed by atoms with E-state index in [1.165, 1.54) is 12.1 Å². The minimum absolute atomic E-state index is 0.0716. The highest BCUT2D eigenvalue weighted by molar-refractivity contribution is 7.09. The van der Waals surface area contributed by atoms with Crippen molar-refractivity contribution in [3.8, 4) is 0 Å². The molecule has 2 aromatic heterocycles. The summed E-state index contributed by atoms with van der Waals surface area (Å²) < 4.78 is 14.8. The van der Waals surface area contributed by atoms with Crippen molar-refractivity contribution in [2.75, 3.05) is 4.90 Å². The van der Waals surface area contributed by atoms with E-state index in [4.69, 9.17) is 11.6 Å². The van der Waals surface area contributed by atoms with Crippen LogP contribution in [0.4, 0.5) is 10.1 Å². The van der Waals surface area contributed by atoms with Crippen LogP contribution in [0.15, 0.2) is 41.8 Å². The van der Waals surface area contributed by atoms with Gasteiger partial charge in [-0.3, -0.25) is 9.48 Å². The summed E-state index contributed by atoms with van der Waals surface area (Å²) in [4.78, 5) is 15.6. The lowest BCUT2D eigenvalue weighted by Crippen LogP contribution is -2.33. The van der Waals surface area contributed by atoms with Gasteiger partial charge in [0.2, 0.25) is 5.91 Å². The molecule has 25 heavy (non-hydrogen) atoms. The van der Waals surface area contributed by atoms with Crippen LogP contribution in [-0.2, 0) is 17.9 Å². The number of aryl methyl sites for hydroxylation is 1. The van der Waals surface area contributed by atoms with Gasteiger partial charge in [-0.25, -0.2) is 4.39 Å². The zero-order valence-electron chi connectivity index (χ0n) is 13.9. The second kappa shape index (κ2) is 7.37. The minimum Gasteiger partial charge on any atom is -0.306 e. The molecule has 2 heterocycles. The molecule has 0 saturated carbocycles. The molecule has 130 valence electrons. The van der Waals surface area contributed by atoms with Gasteiger partial charge in [-0.15, -0.1) is 11.3 Å². The normalized spacial score (nSPS) is 10.9. The summed E-state index contributed by atoms with van der Waals surface area (Å²) >= 11 is 7.73. The number of carbonyl (C=O) groups is 1. The Bertz CT molecular complexity index is 875. The first-order valence-electron chi connectivity index (χ1n) is 7.73. The van der Waals surface area contributed by atoms with Gasteiger partial charge in [0.15, 0.2) is 0 Å². The molecule has 0 atom stereocenters. The van der Waals surface area contributed by atoms with Crippen LogP contribution >= 0.6 is 22.9 Å². The smallest absolute Gasteiger partial charge is 0.249 e. The van der Waals surface area contributed by atoms with Crippen LogP contribution in [0, 0.1) is 19.7 Å². The third-order valence-electron chi connectivity index (χ3n) is 3.91. The molecule has 1 amide bonds. The molecule has 0 radical (unpaired) electrons. The fourth-order valence-corrected chi connectivity index (χ4v) is 3.37. The first-order chi connectivity index (χ1) is 12.0. The van der Waals surface area contributed by atoms with E-state index in [0.29, 0.717) is 22.9 Å². The lowest BCUT2D eigenvalue weighted by atomic mass is 10.2. The second-order valence-electron chi connectivity index (χ2n) is 5.68. The number of hydrogen-bond donors (Lipinski definition) is 0. The second-order valence-corrected chi connectivity index (χ2v) is 7.09. The summed E-state index contributed by atoms with van der Waals surface area (Å²) in [5.41, 5.74) is 2.09. The van der Waals surface area contributed by atoms with E-state index >= 15 is 0 Å². The summed E-state index contributed by atoms with van der Waals surface area (Å²) in [6.45, 7) is 4.13. The van der Waals surface area contributed by atoms with E-state index in [1.807, 2.05) is 24.4 Å². The van der Waals surface area contributed by atoms with Crippen LogP contribution in [0.5, 0.6) is 0 Å². The van der Waals surface area contributed by atoms with Gasteiger partial charge in [0.05, 0.1) is 23.0 Å². The minimum atomic E-state index is -0.336. The molecule has 1 aromatic carbocycles. The van der Waals surface area contributed by atoms with Crippen molar-refractivity contribution in [3.05, 3.63) is 68.9 Å². The number of aromatic nitrogens is 2. The zero-order chi connectivity index (χ0) is 18.0. The Morgan fingerprint density at radius 3 is 2.56 bits per heavy atom. The van der Waals surface area contributed by atoms with Crippen LogP contribution in [0.3, 0.4) is 0 Å². The Morgan fingerprint density at radius 1 is 1.28 bits per heavy atom. The molecule has 0 unspecified atom stereocenters. The lowest BCUT2D eigenvalue weighted by Gasteiger charge is -2.22. The van der Waals surface area contributed by atoms with Crippen LogP contribution in [0.1, 0.15) is 16.3 Å². The summed E-state index contributed by atoms with van der Waals surface area (Å²) in [6.07, 6.45) is 0. The number of amides is 1. The number of benzene rings is 1. The highest BCUT2D eigenvalue weighted by Gasteiger charge is 2.20. The molecule has 0 fully saturated rings. The number of anilines is 1. The maximum absolute atomic E-state index is 13.2. The van der Waals surface area contributed by atoms with Crippen LogP contribution in [0.25, 0.3) is 0 Å². The summed E-state index contributed by atoms with van der Waals surface area (Å²) in [5.74, 6) is -0.472. The zero-order valence-corrected chi connectivity index (χ0v) is 15.4.